The lowest BCUT2D eigenvalue weighted by Gasteiger charge is -2.05. The fourth-order valence-electron chi connectivity index (χ4n) is 2.44. The van der Waals surface area contributed by atoms with Crippen LogP contribution in [0.15, 0.2) is 59.1 Å². The summed E-state index contributed by atoms with van der Waals surface area (Å²) in [7, 11) is 0. The van der Waals surface area contributed by atoms with E-state index in [0.29, 0.717) is 17.3 Å². The highest BCUT2D eigenvalue weighted by atomic mass is 16.5. The van der Waals surface area contributed by atoms with Gasteiger partial charge >= 0.3 is 0 Å². The number of nitrogens with zero attached hydrogens (tertiary/aromatic N) is 5. The molecule has 4 aromatic rings. The van der Waals surface area contributed by atoms with Gasteiger partial charge in [-0.1, -0.05) is 58.9 Å². The average Bonchev–Trinajstić information content (AvgIpc) is 3.23. The van der Waals surface area contributed by atoms with E-state index in [1.54, 1.807) is 4.68 Å². The van der Waals surface area contributed by atoms with E-state index >= 15 is 0 Å². The van der Waals surface area contributed by atoms with Crippen LogP contribution >= 0.6 is 0 Å². The fraction of sp³-hybridized carbons (Fsp3) is 0.0588. The van der Waals surface area contributed by atoms with Crippen LogP contribution in [0.5, 0.6) is 0 Å². The largest absolute Gasteiger partial charge is 0.382 e. The molecule has 118 valence electrons. The lowest BCUT2D eigenvalue weighted by molar-refractivity contribution is 0.431. The average molecular weight is 318 g/mol. The third kappa shape index (κ3) is 2.32. The molecule has 0 saturated carbocycles. The third-order valence-corrected chi connectivity index (χ3v) is 3.71. The minimum atomic E-state index is 0.242. The molecule has 4 rings (SSSR count). The Morgan fingerprint density at radius 2 is 1.75 bits per heavy atom. The Morgan fingerprint density at radius 3 is 2.54 bits per heavy atom. The van der Waals surface area contributed by atoms with E-state index in [1.807, 2.05) is 61.5 Å². The predicted molar refractivity (Wildman–Crippen MR) is 89.2 cm³/mol. The van der Waals surface area contributed by atoms with E-state index in [1.165, 1.54) is 0 Å². The van der Waals surface area contributed by atoms with Crippen molar-refractivity contribution in [3.8, 4) is 28.7 Å². The fourth-order valence-corrected chi connectivity index (χ4v) is 2.44. The zero-order chi connectivity index (χ0) is 16.5. The second-order valence-corrected chi connectivity index (χ2v) is 5.31. The molecule has 0 aliphatic heterocycles. The number of hydrogen-bond donors (Lipinski definition) is 1. The van der Waals surface area contributed by atoms with Crippen LogP contribution in [0.25, 0.3) is 28.7 Å². The number of rotatable bonds is 3. The van der Waals surface area contributed by atoms with Gasteiger partial charge in [0.2, 0.25) is 5.82 Å². The van der Waals surface area contributed by atoms with Gasteiger partial charge in [-0.25, -0.2) is 0 Å². The molecule has 0 bridgehead atoms. The Morgan fingerprint density at radius 1 is 1.00 bits per heavy atom. The summed E-state index contributed by atoms with van der Waals surface area (Å²) in [6.07, 6.45) is 0. The molecular weight excluding hydrogens is 304 g/mol. The van der Waals surface area contributed by atoms with Gasteiger partial charge in [-0.3, -0.25) is 0 Å². The first-order valence-electron chi connectivity index (χ1n) is 7.41. The number of benzene rings is 2. The first-order valence-corrected chi connectivity index (χ1v) is 7.41. The van der Waals surface area contributed by atoms with Crippen LogP contribution in [-0.4, -0.2) is 25.1 Å². The van der Waals surface area contributed by atoms with Crippen LogP contribution in [0.2, 0.25) is 0 Å². The van der Waals surface area contributed by atoms with Gasteiger partial charge < -0.3 is 10.3 Å². The molecule has 2 aromatic heterocycles. The van der Waals surface area contributed by atoms with Crippen molar-refractivity contribution in [2.24, 2.45) is 0 Å². The standard InChI is InChI=1S/C17H14N6O/c1-11-7-5-6-10-13(11)23-15(18)14(20-22-23)17-19-16(21-24-17)12-8-3-2-4-9-12/h2-10H,18H2,1H3. The number of aromatic nitrogens is 5. The minimum Gasteiger partial charge on any atom is -0.382 e. The minimum absolute atomic E-state index is 0.242. The van der Waals surface area contributed by atoms with Gasteiger partial charge in [-0.15, -0.1) is 5.10 Å². The summed E-state index contributed by atoms with van der Waals surface area (Å²) in [6.45, 7) is 1.98. The molecule has 2 aromatic carbocycles. The van der Waals surface area contributed by atoms with E-state index in [4.69, 9.17) is 10.3 Å². The zero-order valence-electron chi connectivity index (χ0n) is 12.9. The third-order valence-electron chi connectivity index (χ3n) is 3.71. The normalized spacial score (nSPS) is 10.9. The molecule has 2 N–H and O–H groups in total. The van der Waals surface area contributed by atoms with E-state index < -0.39 is 0 Å². The summed E-state index contributed by atoms with van der Waals surface area (Å²) in [5.74, 6) is 1.08. The molecule has 0 fully saturated rings. The summed E-state index contributed by atoms with van der Waals surface area (Å²) in [4.78, 5) is 4.37. The molecule has 7 nitrogen and oxygen atoms in total. The van der Waals surface area contributed by atoms with E-state index in [0.717, 1.165) is 16.8 Å². The zero-order valence-corrected chi connectivity index (χ0v) is 12.9. The van der Waals surface area contributed by atoms with Crippen molar-refractivity contribution in [3.05, 3.63) is 60.2 Å². The Hall–Kier alpha value is -3.48. The molecule has 0 aliphatic rings. The van der Waals surface area contributed by atoms with Crippen LogP contribution < -0.4 is 5.73 Å². The van der Waals surface area contributed by atoms with Gasteiger partial charge in [0.1, 0.15) is 0 Å². The predicted octanol–water partition coefficient (Wildman–Crippen LogP) is 2.87. The highest BCUT2D eigenvalue weighted by Gasteiger charge is 2.20. The highest BCUT2D eigenvalue weighted by Crippen LogP contribution is 2.27. The molecule has 0 unspecified atom stereocenters. The maximum absolute atomic E-state index is 6.19. The van der Waals surface area contributed by atoms with E-state index in [2.05, 4.69) is 20.5 Å². The molecule has 0 spiro atoms. The Balaban J connectivity index is 1.74. The van der Waals surface area contributed by atoms with Crippen molar-refractivity contribution in [1.29, 1.82) is 0 Å². The van der Waals surface area contributed by atoms with Gasteiger partial charge in [-0.2, -0.15) is 9.67 Å². The maximum Gasteiger partial charge on any atom is 0.282 e. The number of nitrogen functional groups attached to an aromatic ring is 1. The number of hydrogen-bond acceptors (Lipinski definition) is 6. The molecule has 0 aliphatic carbocycles. The number of anilines is 1. The van der Waals surface area contributed by atoms with Crippen LogP contribution in [0.1, 0.15) is 5.56 Å². The summed E-state index contributed by atoms with van der Waals surface area (Å²) < 4.78 is 6.87. The monoisotopic (exact) mass is 318 g/mol. The SMILES string of the molecule is Cc1ccccc1-n1nnc(-c2nc(-c3ccccc3)no2)c1N. The molecule has 0 atom stereocenters. The van der Waals surface area contributed by atoms with Gasteiger partial charge in [0, 0.05) is 5.56 Å². The molecule has 24 heavy (non-hydrogen) atoms. The molecule has 7 heteroatoms. The molecule has 0 amide bonds. The maximum atomic E-state index is 6.19. The van der Waals surface area contributed by atoms with Crippen LogP contribution in [0, 0.1) is 6.92 Å². The molecular formula is C17H14N6O. The van der Waals surface area contributed by atoms with E-state index in [-0.39, 0.29) is 5.89 Å². The Labute approximate surface area is 137 Å². The topological polar surface area (TPSA) is 95.6 Å². The molecule has 0 saturated heterocycles. The summed E-state index contributed by atoms with van der Waals surface area (Å²) in [5, 5.41) is 12.2. The van der Waals surface area contributed by atoms with Crippen LogP contribution in [0.3, 0.4) is 0 Å². The number of para-hydroxylation sites is 1. The van der Waals surface area contributed by atoms with Crippen LogP contribution in [0.4, 0.5) is 5.82 Å². The van der Waals surface area contributed by atoms with Gasteiger partial charge in [0.25, 0.3) is 5.89 Å². The van der Waals surface area contributed by atoms with Crippen molar-refractivity contribution in [3.63, 3.8) is 0 Å². The first-order chi connectivity index (χ1) is 11.7. The highest BCUT2D eigenvalue weighted by molar-refractivity contribution is 5.66. The molecule has 0 radical (unpaired) electrons. The quantitative estimate of drug-likeness (QED) is 0.624. The summed E-state index contributed by atoms with van der Waals surface area (Å²) in [5.41, 5.74) is 9.32. The van der Waals surface area contributed by atoms with Crippen LogP contribution in [-0.2, 0) is 0 Å². The first kappa shape index (κ1) is 14.1. The van der Waals surface area contributed by atoms with Gasteiger partial charge in [0.05, 0.1) is 5.69 Å². The van der Waals surface area contributed by atoms with Gasteiger partial charge in [0.15, 0.2) is 11.5 Å². The Bertz CT molecular complexity index is 989. The summed E-state index contributed by atoms with van der Waals surface area (Å²) >= 11 is 0. The van der Waals surface area contributed by atoms with Crippen molar-refractivity contribution in [1.82, 2.24) is 25.1 Å². The van der Waals surface area contributed by atoms with E-state index in [9.17, 15) is 0 Å². The van der Waals surface area contributed by atoms with Crippen molar-refractivity contribution >= 4 is 5.82 Å². The smallest absolute Gasteiger partial charge is 0.282 e. The van der Waals surface area contributed by atoms with Crippen molar-refractivity contribution in [2.75, 3.05) is 5.73 Å². The second kappa shape index (κ2) is 5.62. The Kier molecular flexibility index (Phi) is 3.31. The van der Waals surface area contributed by atoms with Gasteiger partial charge in [-0.05, 0) is 18.6 Å². The van der Waals surface area contributed by atoms with Crippen molar-refractivity contribution < 1.29 is 4.52 Å². The summed E-state index contributed by atoms with van der Waals surface area (Å²) in [6, 6.07) is 17.3. The lowest BCUT2D eigenvalue weighted by atomic mass is 10.2. The van der Waals surface area contributed by atoms with Crippen molar-refractivity contribution in [2.45, 2.75) is 6.92 Å². The second-order valence-electron chi connectivity index (χ2n) is 5.31. The number of aryl methyl sites for hydroxylation is 1. The lowest BCUT2D eigenvalue weighted by Crippen LogP contribution is -2.04. The molecule has 2 heterocycles. The number of nitrogens with two attached hydrogens (primary N) is 1.